The molecule has 11 heavy (non-hydrogen) atoms. The molecule has 0 aromatic rings. The van der Waals surface area contributed by atoms with Gasteiger partial charge < -0.3 is 0 Å². The predicted molar refractivity (Wildman–Crippen MR) is 42.3 cm³/mol. The van der Waals surface area contributed by atoms with Gasteiger partial charge in [-0.25, -0.2) is 0 Å². The van der Waals surface area contributed by atoms with Crippen molar-refractivity contribution in [2.75, 3.05) is 0 Å². The van der Waals surface area contributed by atoms with Crippen molar-refractivity contribution in [1.82, 2.24) is 0 Å². The van der Waals surface area contributed by atoms with Crippen LogP contribution in [-0.2, 0) is 9.59 Å². The van der Waals surface area contributed by atoms with E-state index >= 15 is 0 Å². The van der Waals surface area contributed by atoms with Crippen molar-refractivity contribution in [2.24, 2.45) is 5.41 Å². The third-order valence-electron chi connectivity index (χ3n) is 2.77. The molecule has 0 radical (unpaired) electrons. The van der Waals surface area contributed by atoms with Crippen molar-refractivity contribution >= 4 is 11.6 Å². The lowest BCUT2D eigenvalue weighted by Gasteiger charge is -2.29. The van der Waals surface area contributed by atoms with Crippen LogP contribution in [0.25, 0.3) is 0 Å². The number of hydrogen-bond donors (Lipinski definition) is 0. The Bertz CT molecular complexity index is 196. The van der Waals surface area contributed by atoms with Crippen LogP contribution in [0.3, 0.4) is 0 Å². The summed E-state index contributed by atoms with van der Waals surface area (Å²) < 4.78 is 0. The van der Waals surface area contributed by atoms with Crippen molar-refractivity contribution in [3.63, 3.8) is 0 Å². The van der Waals surface area contributed by atoms with E-state index in [0.29, 0.717) is 6.42 Å². The van der Waals surface area contributed by atoms with Crippen LogP contribution in [0.1, 0.15) is 39.5 Å². The van der Waals surface area contributed by atoms with Crippen molar-refractivity contribution < 1.29 is 9.59 Å². The van der Waals surface area contributed by atoms with Gasteiger partial charge in [0.25, 0.3) is 0 Å². The first-order chi connectivity index (χ1) is 5.08. The summed E-state index contributed by atoms with van der Waals surface area (Å²) in [4.78, 5) is 22.2. The highest BCUT2D eigenvalue weighted by Gasteiger charge is 2.36. The predicted octanol–water partition coefficient (Wildman–Crippen LogP) is 1.72. The topological polar surface area (TPSA) is 34.1 Å². The van der Waals surface area contributed by atoms with Crippen LogP contribution in [0.4, 0.5) is 0 Å². The molecule has 0 heterocycles. The highest BCUT2D eigenvalue weighted by Crippen LogP contribution is 2.33. The molecular weight excluding hydrogens is 140 g/mol. The third-order valence-corrected chi connectivity index (χ3v) is 2.77. The number of rotatable bonds is 1. The van der Waals surface area contributed by atoms with Gasteiger partial charge in [-0.05, 0) is 12.8 Å². The van der Waals surface area contributed by atoms with Gasteiger partial charge in [0, 0.05) is 11.8 Å². The first-order valence-corrected chi connectivity index (χ1v) is 4.13. The Balaban J connectivity index is 2.71. The van der Waals surface area contributed by atoms with E-state index in [1.807, 2.05) is 13.8 Å². The van der Waals surface area contributed by atoms with E-state index in [1.54, 1.807) is 0 Å². The van der Waals surface area contributed by atoms with Crippen LogP contribution in [0.15, 0.2) is 0 Å². The van der Waals surface area contributed by atoms with Gasteiger partial charge in [-0.2, -0.15) is 0 Å². The Hall–Kier alpha value is -0.660. The van der Waals surface area contributed by atoms with Gasteiger partial charge in [0.15, 0.2) is 0 Å². The number of Topliss-reactive ketones (excluding diaryl/α,β-unsaturated/α-hetero) is 2. The normalized spacial score (nSPS) is 32.5. The SMILES string of the molecule is CCC1(C)CCC(=O)CC1=O. The Labute approximate surface area is 67.0 Å². The van der Waals surface area contributed by atoms with E-state index in [9.17, 15) is 9.59 Å². The van der Waals surface area contributed by atoms with Crippen LogP contribution in [0.2, 0.25) is 0 Å². The van der Waals surface area contributed by atoms with Crippen molar-refractivity contribution in [3.05, 3.63) is 0 Å². The number of carbonyl (C=O) groups excluding carboxylic acids is 2. The molecule has 1 aliphatic rings. The summed E-state index contributed by atoms with van der Waals surface area (Å²) in [7, 11) is 0. The van der Waals surface area contributed by atoms with E-state index in [2.05, 4.69) is 0 Å². The Morgan fingerprint density at radius 2 is 2.09 bits per heavy atom. The fraction of sp³-hybridized carbons (Fsp3) is 0.778. The molecule has 62 valence electrons. The molecular formula is C9H14O2. The van der Waals surface area contributed by atoms with E-state index in [-0.39, 0.29) is 23.4 Å². The van der Waals surface area contributed by atoms with Crippen molar-refractivity contribution in [1.29, 1.82) is 0 Å². The van der Waals surface area contributed by atoms with Crippen LogP contribution < -0.4 is 0 Å². The summed E-state index contributed by atoms with van der Waals surface area (Å²) in [6.07, 6.45) is 2.38. The minimum atomic E-state index is -0.200. The molecule has 1 aliphatic carbocycles. The van der Waals surface area contributed by atoms with Crippen LogP contribution in [0, 0.1) is 5.41 Å². The lowest BCUT2D eigenvalue weighted by atomic mass is 9.72. The quantitative estimate of drug-likeness (QED) is 0.539. The van der Waals surface area contributed by atoms with E-state index in [4.69, 9.17) is 0 Å². The van der Waals surface area contributed by atoms with Gasteiger partial charge in [-0.3, -0.25) is 9.59 Å². The first kappa shape index (κ1) is 8.44. The minimum absolute atomic E-state index is 0.112. The van der Waals surface area contributed by atoms with Crippen molar-refractivity contribution in [3.8, 4) is 0 Å². The fourth-order valence-corrected chi connectivity index (χ4v) is 1.41. The smallest absolute Gasteiger partial charge is 0.146 e. The Morgan fingerprint density at radius 3 is 2.55 bits per heavy atom. The summed E-state index contributed by atoms with van der Waals surface area (Å²) in [6.45, 7) is 3.97. The van der Waals surface area contributed by atoms with Gasteiger partial charge >= 0.3 is 0 Å². The monoisotopic (exact) mass is 154 g/mol. The summed E-state index contributed by atoms with van der Waals surface area (Å²) in [5.74, 6) is 0.247. The maximum absolute atomic E-state index is 11.3. The number of ketones is 2. The summed E-state index contributed by atoms with van der Waals surface area (Å²) in [6, 6.07) is 0. The van der Waals surface area contributed by atoms with E-state index < -0.39 is 0 Å². The molecule has 1 rings (SSSR count). The molecule has 0 aromatic carbocycles. The molecule has 0 aliphatic heterocycles. The molecule has 0 bridgehead atoms. The highest BCUT2D eigenvalue weighted by atomic mass is 16.1. The molecule has 0 spiro atoms. The summed E-state index contributed by atoms with van der Waals surface area (Å²) in [5, 5.41) is 0. The van der Waals surface area contributed by atoms with E-state index in [1.165, 1.54) is 0 Å². The Kier molecular flexibility index (Phi) is 2.12. The number of hydrogen-bond acceptors (Lipinski definition) is 2. The molecule has 2 nitrogen and oxygen atoms in total. The second-order valence-electron chi connectivity index (χ2n) is 3.55. The van der Waals surface area contributed by atoms with Crippen LogP contribution in [-0.4, -0.2) is 11.6 Å². The lowest BCUT2D eigenvalue weighted by molar-refractivity contribution is -0.137. The molecule has 1 fully saturated rings. The lowest BCUT2D eigenvalue weighted by Crippen LogP contribution is -2.34. The second-order valence-corrected chi connectivity index (χ2v) is 3.55. The molecule has 0 aromatic heterocycles. The minimum Gasteiger partial charge on any atom is -0.299 e. The molecule has 1 unspecified atom stereocenters. The van der Waals surface area contributed by atoms with Gasteiger partial charge in [0.2, 0.25) is 0 Å². The molecule has 0 amide bonds. The highest BCUT2D eigenvalue weighted by molar-refractivity contribution is 6.03. The maximum Gasteiger partial charge on any atom is 0.146 e. The zero-order valence-corrected chi connectivity index (χ0v) is 7.14. The van der Waals surface area contributed by atoms with Crippen molar-refractivity contribution in [2.45, 2.75) is 39.5 Å². The zero-order valence-electron chi connectivity index (χ0n) is 7.14. The standard InChI is InChI=1S/C9H14O2/c1-3-9(2)5-4-7(10)6-8(9)11/h3-6H2,1-2H3. The molecule has 1 atom stereocenters. The molecule has 2 heteroatoms. The van der Waals surface area contributed by atoms with E-state index in [0.717, 1.165) is 12.8 Å². The van der Waals surface area contributed by atoms with Gasteiger partial charge in [0.05, 0.1) is 6.42 Å². The summed E-state index contributed by atoms with van der Waals surface area (Å²) in [5.41, 5.74) is -0.200. The average molecular weight is 154 g/mol. The van der Waals surface area contributed by atoms with Gasteiger partial charge in [0.1, 0.15) is 11.6 Å². The second kappa shape index (κ2) is 2.76. The average Bonchev–Trinajstić information content (AvgIpc) is 1.98. The van der Waals surface area contributed by atoms with Gasteiger partial charge in [-0.1, -0.05) is 13.8 Å². The third kappa shape index (κ3) is 1.50. The molecule has 0 N–H and O–H groups in total. The number of carbonyl (C=O) groups is 2. The largest absolute Gasteiger partial charge is 0.299 e. The molecule has 1 saturated carbocycles. The Morgan fingerprint density at radius 1 is 1.45 bits per heavy atom. The molecule has 0 saturated heterocycles. The fourth-order valence-electron chi connectivity index (χ4n) is 1.41. The zero-order chi connectivity index (χ0) is 8.48. The maximum atomic E-state index is 11.3. The van der Waals surface area contributed by atoms with Crippen LogP contribution >= 0.6 is 0 Å². The summed E-state index contributed by atoms with van der Waals surface area (Å²) >= 11 is 0. The van der Waals surface area contributed by atoms with Gasteiger partial charge in [-0.15, -0.1) is 0 Å². The van der Waals surface area contributed by atoms with Crippen LogP contribution in [0.5, 0.6) is 0 Å². The first-order valence-electron chi connectivity index (χ1n) is 4.13.